The van der Waals surface area contributed by atoms with E-state index in [9.17, 15) is 19.2 Å². The van der Waals surface area contributed by atoms with E-state index in [1.807, 2.05) is 12.5 Å². The van der Waals surface area contributed by atoms with E-state index < -0.39 is 35.8 Å². The van der Waals surface area contributed by atoms with E-state index in [1.54, 1.807) is 38.1 Å². The van der Waals surface area contributed by atoms with Gasteiger partial charge in [-0.05, 0) is 38.0 Å². The number of hydrogen-bond donors (Lipinski definition) is 2. The predicted molar refractivity (Wildman–Crippen MR) is 123 cm³/mol. The lowest BCUT2D eigenvalue weighted by Gasteiger charge is -2.18. The second-order valence-corrected chi connectivity index (χ2v) is 8.22. The fourth-order valence-electron chi connectivity index (χ4n) is 2.71. The molecule has 2 amide bonds. The van der Waals surface area contributed by atoms with E-state index in [1.165, 1.54) is 23.5 Å². The molecule has 2 unspecified atom stereocenters. The largest absolute Gasteiger partial charge is 0.464 e. The fraction of sp³-hybridized carbons (Fsp3) is 0.524. The van der Waals surface area contributed by atoms with Crippen LogP contribution in [0, 0.1) is 0 Å². The maximum atomic E-state index is 12.8. The fourth-order valence-corrected chi connectivity index (χ4v) is 3.81. The zero-order valence-electron chi connectivity index (χ0n) is 18.3. The Morgan fingerprint density at radius 2 is 1.39 bits per heavy atom. The summed E-state index contributed by atoms with van der Waals surface area (Å²) in [5.41, 5.74) is 0.765. The monoisotopic (exact) mass is 470 g/mol. The Hall–Kier alpha value is -2.20. The first-order valence-electron chi connectivity index (χ1n) is 9.87. The molecule has 1 rings (SSSR count). The molecule has 0 saturated heterocycles. The molecule has 0 radical (unpaired) electrons. The number of benzene rings is 1. The van der Waals surface area contributed by atoms with Crippen LogP contribution >= 0.6 is 23.5 Å². The van der Waals surface area contributed by atoms with Gasteiger partial charge in [0.2, 0.25) is 5.91 Å². The molecule has 0 aromatic heterocycles. The van der Waals surface area contributed by atoms with E-state index in [2.05, 4.69) is 10.6 Å². The summed E-state index contributed by atoms with van der Waals surface area (Å²) in [6, 6.07) is 5.09. The van der Waals surface area contributed by atoms with Gasteiger partial charge in [0, 0.05) is 17.1 Å². The highest BCUT2D eigenvalue weighted by Gasteiger charge is 2.25. The summed E-state index contributed by atoms with van der Waals surface area (Å²) in [6.07, 6.45) is 3.55. The molecular weight excluding hydrogens is 440 g/mol. The van der Waals surface area contributed by atoms with Crippen LogP contribution < -0.4 is 10.6 Å². The van der Waals surface area contributed by atoms with Gasteiger partial charge in [0.15, 0.2) is 0 Å². The van der Waals surface area contributed by atoms with Crippen molar-refractivity contribution in [2.45, 2.75) is 32.4 Å². The summed E-state index contributed by atoms with van der Waals surface area (Å²) in [6.45, 7) is 3.84. The van der Waals surface area contributed by atoms with Crippen LogP contribution in [0.2, 0.25) is 0 Å². The average molecular weight is 471 g/mol. The standard InChI is InChI=1S/C21H30N2O6S2/c1-5-28-20(26)16(12-30-3)22-18(24)11-14-9-7-8-10-15(14)19(25)23-17(13-31-4)21(27)29-6-2/h7-10,16-17H,5-6,11-13H2,1-4H3,(H,22,24)(H,23,25). The smallest absolute Gasteiger partial charge is 0.329 e. The van der Waals surface area contributed by atoms with E-state index in [0.717, 1.165) is 0 Å². The van der Waals surface area contributed by atoms with Crippen molar-refractivity contribution >= 4 is 47.3 Å². The van der Waals surface area contributed by atoms with Gasteiger partial charge >= 0.3 is 11.9 Å². The maximum absolute atomic E-state index is 12.8. The lowest BCUT2D eigenvalue weighted by Crippen LogP contribution is -2.45. The van der Waals surface area contributed by atoms with Gasteiger partial charge in [0.25, 0.3) is 5.91 Å². The van der Waals surface area contributed by atoms with Crippen molar-refractivity contribution in [3.63, 3.8) is 0 Å². The third kappa shape index (κ3) is 9.22. The molecule has 1 aromatic carbocycles. The molecule has 0 spiro atoms. The zero-order valence-corrected chi connectivity index (χ0v) is 19.9. The minimum atomic E-state index is -0.792. The zero-order chi connectivity index (χ0) is 23.2. The SMILES string of the molecule is CCOC(=O)C(CSC)NC(=O)Cc1ccccc1C(=O)NC(CSC)C(=O)OCC. The van der Waals surface area contributed by atoms with Crippen LogP contribution in [0.3, 0.4) is 0 Å². The van der Waals surface area contributed by atoms with Crippen molar-refractivity contribution in [2.24, 2.45) is 0 Å². The number of thioether (sulfide) groups is 2. The van der Waals surface area contributed by atoms with Crippen molar-refractivity contribution in [1.29, 1.82) is 0 Å². The van der Waals surface area contributed by atoms with Crippen molar-refractivity contribution in [3.8, 4) is 0 Å². The molecule has 8 nitrogen and oxygen atoms in total. The molecule has 31 heavy (non-hydrogen) atoms. The average Bonchev–Trinajstić information content (AvgIpc) is 2.73. The van der Waals surface area contributed by atoms with Crippen molar-refractivity contribution in [3.05, 3.63) is 35.4 Å². The van der Waals surface area contributed by atoms with Crippen molar-refractivity contribution in [1.82, 2.24) is 10.6 Å². The van der Waals surface area contributed by atoms with E-state index >= 15 is 0 Å². The van der Waals surface area contributed by atoms with E-state index in [-0.39, 0.29) is 25.2 Å². The molecule has 0 aliphatic heterocycles. The first kappa shape index (κ1) is 26.8. The quantitative estimate of drug-likeness (QED) is 0.419. The van der Waals surface area contributed by atoms with Crippen LogP contribution in [0.4, 0.5) is 0 Å². The molecule has 0 saturated carbocycles. The Bertz CT molecular complexity index is 759. The first-order chi connectivity index (χ1) is 14.9. The maximum Gasteiger partial charge on any atom is 0.329 e. The topological polar surface area (TPSA) is 111 Å². The van der Waals surface area contributed by atoms with Gasteiger partial charge in [-0.2, -0.15) is 23.5 Å². The van der Waals surface area contributed by atoms with Crippen LogP contribution in [0.5, 0.6) is 0 Å². The van der Waals surface area contributed by atoms with Crippen molar-refractivity contribution < 1.29 is 28.7 Å². The van der Waals surface area contributed by atoms with Gasteiger partial charge in [-0.15, -0.1) is 0 Å². The van der Waals surface area contributed by atoms with Crippen LogP contribution in [0.25, 0.3) is 0 Å². The lowest BCUT2D eigenvalue weighted by atomic mass is 10.0. The van der Waals surface area contributed by atoms with Crippen LogP contribution in [0.15, 0.2) is 24.3 Å². The molecule has 2 N–H and O–H groups in total. The molecule has 0 bridgehead atoms. The summed E-state index contributed by atoms with van der Waals surface area (Å²) < 4.78 is 10.0. The van der Waals surface area contributed by atoms with Crippen LogP contribution in [-0.4, -0.2) is 73.1 Å². The molecule has 10 heteroatoms. The number of esters is 2. The highest BCUT2D eigenvalue weighted by molar-refractivity contribution is 7.98. The minimum absolute atomic E-state index is 0.0967. The molecule has 0 aliphatic rings. The Morgan fingerprint density at radius 1 is 0.871 bits per heavy atom. The van der Waals surface area contributed by atoms with Crippen molar-refractivity contribution in [2.75, 3.05) is 37.2 Å². The summed E-state index contributed by atoms with van der Waals surface area (Å²) in [5.74, 6) is -1.13. The van der Waals surface area contributed by atoms with Crippen LogP contribution in [-0.2, 0) is 30.3 Å². The Kier molecular flexibility index (Phi) is 12.8. The Balaban J connectivity index is 2.92. The van der Waals surface area contributed by atoms with E-state index in [4.69, 9.17) is 9.47 Å². The second kappa shape index (κ2) is 14.7. The Labute approximate surface area is 191 Å². The van der Waals surface area contributed by atoms with E-state index in [0.29, 0.717) is 17.1 Å². The number of hydrogen-bond acceptors (Lipinski definition) is 8. The lowest BCUT2D eigenvalue weighted by molar-refractivity contribution is -0.146. The summed E-state index contributed by atoms with van der Waals surface area (Å²) in [4.78, 5) is 49.5. The highest BCUT2D eigenvalue weighted by Crippen LogP contribution is 2.12. The van der Waals surface area contributed by atoms with Gasteiger partial charge < -0.3 is 20.1 Å². The van der Waals surface area contributed by atoms with Gasteiger partial charge in [-0.25, -0.2) is 9.59 Å². The highest BCUT2D eigenvalue weighted by atomic mass is 32.2. The van der Waals surface area contributed by atoms with Gasteiger partial charge in [-0.1, -0.05) is 18.2 Å². The van der Waals surface area contributed by atoms with Gasteiger partial charge in [0.1, 0.15) is 12.1 Å². The number of nitrogens with one attached hydrogen (secondary N) is 2. The normalized spacial score (nSPS) is 12.4. The molecule has 0 heterocycles. The number of carbonyl (C=O) groups excluding carboxylic acids is 4. The number of amides is 2. The summed E-state index contributed by atoms with van der Waals surface area (Å²) in [5, 5.41) is 5.35. The predicted octanol–water partition coefficient (Wildman–Crippen LogP) is 1.66. The number of rotatable bonds is 13. The van der Waals surface area contributed by atoms with Crippen LogP contribution in [0.1, 0.15) is 29.8 Å². The Morgan fingerprint density at radius 3 is 1.90 bits per heavy atom. The number of ether oxygens (including phenoxy) is 2. The first-order valence-corrected chi connectivity index (χ1v) is 12.7. The van der Waals surface area contributed by atoms with Gasteiger partial charge in [-0.3, -0.25) is 9.59 Å². The minimum Gasteiger partial charge on any atom is -0.464 e. The molecule has 172 valence electrons. The third-order valence-electron chi connectivity index (χ3n) is 4.06. The summed E-state index contributed by atoms with van der Waals surface area (Å²) in [7, 11) is 0. The van der Waals surface area contributed by atoms with Gasteiger partial charge in [0.05, 0.1) is 19.6 Å². The molecular formula is C21H30N2O6S2. The molecule has 0 aliphatic carbocycles. The molecule has 1 aromatic rings. The second-order valence-electron chi connectivity index (χ2n) is 6.39. The molecule has 0 fully saturated rings. The summed E-state index contributed by atoms with van der Waals surface area (Å²) >= 11 is 2.82. The number of carbonyl (C=O) groups is 4. The third-order valence-corrected chi connectivity index (χ3v) is 5.40. The molecule has 2 atom stereocenters.